The number of nitrogens with zero attached hydrogens (tertiary/aromatic N) is 1. The zero-order valence-corrected chi connectivity index (χ0v) is 14.2. The average Bonchev–Trinajstić information content (AvgIpc) is 2.93. The van der Waals surface area contributed by atoms with Gasteiger partial charge < -0.3 is 9.88 Å². The number of halogens is 2. The normalized spacial score (nSPS) is 10.9. The Kier molecular flexibility index (Phi) is 4.60. The van der Waals surface area contributed by atoms with Gasteiger partial charge in [0.1, 0.15) is 0 Å². The lowest BCUT2D eigenvalue weighted by Crippen LogP contribution is -2.27. The molecular formula is C18H16Cl2N2O. The molecule has 0 atom stereocenters. The van der Waals surface area contributed by atoms with Crippen LogP contribution in [-0.2, 0) is 17.8 Å². The summed E-state index contributed by atoms with van der Waals surface area (Å²) in [5, 5.41) is 2.24. The van der Waals surface area contributed by atoms with Crippen molar-refractivity contribution in [3.05, 3.63) is 69.8 Å². The summed E-state index contributed by atoms with van der Waals surface area (Å²) < 4.78 is 0. The molecule has 0 aliphatic carbocycles. The Balaban J connectivity index is 1.72. The molecule has 0 bridgehead atoms. The van der Waals surface area contributed by atoms with E-state index in [9.17, 15) is 4.79 Å². The number of aromatic nitrogens is 1. The maximum absolute atomic E-state index is 12.5. The van der Waals surface area contributed by atoms with Gasteiger partial charge in [-0.25, -0.2) is 0 Å². The summed E-state index contributed by atoms with van der Waals surface area (Å²) in [6, 6.07) is 13.3. The third kappa shape index (κ3) is 3.52. The molecule has 0 fully saturated rings. The molecule has 3 rings (SSSR count). The third-order valence-electron chi connectivity index (χ3n) is 3.86. The average molecular weight is 347 g/mol. The Morgan fingerprint density at radius 3 is 2.70 bits per heavy atom. The van der Waals surface area contributed by atoms with Crippen molar-refractivity contribution in [2.75, 3.05) is 7.05 Å². The summed E-state index contributed by atoms with van der Waals surface area (Å²) in [6.45, 7) is 0.456. The maximum Gasteiger partial charge on any atom is 0.227 e. The first-order chi connectivity index (χ1) is 11.0. The van der Waals surface area contributed by atoms with Gasteiger partial charge >= 0.3 is 0 Å². The van der Waals surface area contributed by atoms with Crippen molar-refractivity contribution in [3.8, 4) is 0 Å². The molecule has 0 unspecified atom stereocenters. The molecule has 1 heterocycles. The maximum atomic E-state index is 12.5. The van der Waals surface area contributed by atoms with Crippen molar-refractivity contribution in [1.29, 1.82) is 0 Å². The highest BCUT2D eigenvalue weighted by atomic mass is 35.5. The van der Waals surface area contributed by atoms with Gasteiger partial charge in [0.05, 0.1) is 6.42 Å². The van der Waals surface area contributed by atoms with Gasteiger partial charge in [-0.15, -0.1) is 0 Å². The number of hydrogen-bond donors (Lipinski definition) is 1. The quantitative estimate of drug-likeness (QED) is 0.731. The van der Waals surface area contributed by atoms with E-state index in [2.05, 4.69) is 4.98 Å². The number of amides is 1. The fraction of sp³-hybridized carbons (Fsp3) is 0.167. The van der Waals surface area contributed by atoms with Crippen molar-refractivity contribution in [3.63, 3.8) is 0 Å². The van der Waals surface area contributed by atoms with E-state index < -0.39 is 0 Å². The lowest BCUT2D eigenvalue weighted by Gasteiger charge is -2.18. The molecule has 0 saturated carbocycles. The first-order valence-corrected chi connectivity index (χ1v) is 8.03. The number of aromatic amines is 1. The number of carbonyl (C=O) groups excluding carboxylic acids is 1. The summed E-state index contributed by atoms with van der Waals surface area (Å²) in [7, 11) is 1.78. The van der Waals surface area contributed by atoms with Gasteiger partial charge in [0, 0.05) is 40.7 Å². The van der Waals surface area contributed by atoms with Crippen LogP contribution in [0.1, 0.15) is 11.1 Å². The summed E-state index contributed by atoms with van der Waals surface area (Å²) in [4.78, 5) is 17.3. The van der Waals surface area contributed by atoms with E-state index in [0.29, 0.717) is 23.0 Å². The Bertz CT molecular complexity index is 857. The number of likely N-dealkylation sites (N-methyl/N-ethyl adjacent to an activating group) is 1. The number of rotatable bonds is 4. The van der Waals surface area contributed by atoms with Gasteiger partial charge in [-0.2, -0.15) is 0 Å². The van der Waals surface area contributed by atoms with Crippen LogP contribution in [0, 0.1) is 0 Å². The molecule has 0 aliphatic heterocycles. The third-order valence-corrected chi connectivity index (χ3v) is 4.45. The lowest BCUT2D eigenvalue weighted by molar-refractivity contribution is -0.129. The van der Waals surface area contributed by atoms with Crippen LogP contribution in [0.25, 0.3) is 10.9 Å². The van der Waals surface area contributed by atoms with Gasteiger partial charge in [-0.3, -0.25) is 4.79 Å². The number of H-pyrrole nitrogens is 1. The van der Waals surface area contributed by atoms with E-state index in [-0.39, 0.29) is 5.91 Å². The van der Waals surface area contributed by atoms with Gasteiger partial charge in [-0.1, -0.05) is 47.5 Å². The number of benzene rings is 2. The molecule has 2 aromatic carbocycles. The van der Waals surface area contributed by atoms with E-state index in [0.717, 1.165) is 22.0 Å². The molecule has 0 aliphatic rings. The second-order valence-corrected chi connectivity index (χ2v) is 6.37. The summed E-state index contributed by atoms with van der Waals surface area (Å²) in [5.74, 6) is 0.0424. The van der Waals surface area contributed by atoms with Crippen LogP contribution in [-0.4, -0.2) is 22.8 Å². The molecule has 0 spiro atoms. The number of nitrogens with one attached hydrogen (secondary N) is 1. The molecule has 3 nitrogen and oxygen atoms in total. The topological polar surface area (TPSA) is 36.1 Å². The first-order valence-electron chi connectivity index (χ1n) is 7.27. The highest BCUT2D eigenvalue weighted by molar-refractivity contribution is 6.35. The van der Waals surface area contributed by atoms with Gasteiger partial charge in [0.2, 0.25) is 5.91 Å². The minimum absolute atomic E-state index is 0.0424. The standard InChI is InChI=1S/C18H16Cl2N2O/c1-22(11-12-6-7-14(19)9-16(12)20)18(23)8-13-10-21-17-5-3-2-4-15(13)17/h2-7,9-10,21H,8,11H2,1H3. The highest BCUT2D eigenvalue weighted by Crippen LogP contribution is 2.23. The monoisotopic (exact) mass is 346 g/mol. The van der Waals surface area contributed by atoms with Gasteiger partial charge in [0.15, 0.2) is 0 Å². The van der Waals surface area contributed by atoms with Crippen LogP contribution < -0.4 is 0 Å². The van der Waals surface area contributed by atoms with Crippen molar-refractivity contribution >= 4 is 40.0 Å². The zero-order valence-electron chi connectivity index (χ0n) is 12.6. The van der Waals surface area contributed by atoms with E-state index in [4.69, 9.17) is 23.2 Å². The number of fused-ring (bicyclic) bond motifs is 1. The molecule has 1 aromatic heterocycles. The van der Waals surface area contributed by atoms with E-state index in [1.54, 1.807) is 24.1 Å². The van der Waals surface area contributed by atoms with Crippen molar-refractivity contribution in [2.45, 2.75) is 13.0 Å². The van der Waals surface area contributed by atoms with Crippen molar-refractivity contribution in [1.82, 2.24) is 9.88 Å². The van der Waals surface area contributed by atoms with Crippen LogP contribution >= 0.6 is 23.2 Å². The van der Waals surface area contributed by atoms with Crippen molar-refractivity contribution < 1.29 is 4.79 Å². The highest BCUT2D eigenvalue weighted by Gasteiger charge is 2.14. The molecule has 0 saturated heterocycles. The van der Waals surface area contributed by atoms with E-state index in [1.807, 2.05) is 36.5 Å². The lowest BCUT2D eigenvalue weighted by atomic mass is 10.1. The summed E-state index contributed by atoms with van der Waals surface area (Å²) >= 11 is 12.1. The summed E-state index contributed by atoms with van der Waals surface area (Å²) in [6.07, 6.45) is 2.25. The van der Waals surface area contributed by atoms with Crippen LogP contribution in [0.5, 0.6) is 0 Å². The number of para-hydroxylation sites is 1. The molecule has 118 valence electrons. The van der Waals surface area contributed by atoms with Crippen LogP contribution in [0.15, 0.2) is 48.7 Å². The molecule has 1 amide bonds. The van der Waals surface area contributed by atoms with Crippen molar-refractivity contribution in [2.24, 2.45) is 0 Å². The Morgan fingerprint density at radius 2 is 1.91 bits per heavy atom. The number of carbonyl (C=O) groups is 1. The Hall–Kier alpha value is -1.97. The van der Waals surface area contributed by atoms with Crippen LogP contribution in [0.2, 0.25) is 10.0 Å². The smallest absolute Gasteiger partial charge is 0.227 e. The fourth-order valence-electron chi connectivity index (χ4n) is 2.57. The molecule has 5 heteroatoms. The van der Waals surface area contributed by atoms with Crippen LogP contribution in [0.3, 0.4) is 0 Å². The molecule has 1 N–H and O–H groups in total. The molecule has 23 heavy (non-hydrogen) atoms. The predicted molar refractivity (Wildman–Crippen MR) is 94.9 cm³/mol. The van der Waals surface area contributed by atoms with E-state index >= 15 is 0 Å². The minimum Gasteiger partial charge on any atom is -0.361 e. The largest absolute Gasteiger partial charge is 0.361 e. The minimum atomic E-state index is 0.0424. The molecular weight excluding hydrogens is 331 g/mol. The molecule has 0 radical (unpaired) electrons. The Labute approximate surface area is 144 Å². The second-order valence-electron chi connectivity index (χ2n) is 5.52. The molecule has 3 aromatic rings. The zero-order chi connectivity index (χ0) is 16.4. The summed E-state index contributed by atoms with van der Waals surface area (Å²) in [5.41, 5.74) is 2.92. The Morgan fingerprint density at radius 1 is 1.13 bits per heavy atom. The van der Waals surface area contributed by atoms with E-state index in [1.165, 1.54) is 0 Å². The second kappa shape index (κ2) is 6.65. The fourth-order valence-corrected chi connectivity index (χ4v) is 3.04. The first kappa shape index (κ1) is 15.9. The predicted octanol–water partition coefficient (Wildman–Crippen LogP) is 4.68. The van der Waals surface area contributed by atoms with Gasteiger partial charge in [0.25, 0.3) is 0 Å². The number of hydrogen-bond acceptors (Lipinski definition) is 1. The SMILES string of the molecule is CN(Cc1ccc(Cl)cc1Cl)C(=O)Cc1c[nH]c2ccccc12. The van der Waals surface area contributed by atoms with Crippen LogP contribution in [0.4, 0.5) is 0 Å². The van der Waals surface area contributed by atoms with Gasteiger partial charge in [-0.05, 0) is 29.3 Å².